The number of hydrogen-bond donors (Lipinski definition) is 1. The molecule has 0 spiro atoms. The number of carbonyl (C=O) groups is 2. The zero-order valence-electron chi connectivity index (χ0n) is 12.3. The van der Waals surface area contributed by atoms with Gasteiger partial charge in [-0.3, -0.25) is 14.6 Å². The van der Waals surface area contributed by atoms with E-state index in [-0.39, 0.29) is 17.6 Å². The molecule has 1 N–H and O–H groups in total. The monoisotopic (exact) mass is 294 g/mol. The molecular weight excluding hydrogens is 276 g/mol. The van der Waals surface area contributed by atoms with Crippen molar-refractivity contribution in [3.8, 4) is 0 Å². The van der Waals surface area contributed by atoms with Gasteiger partial charge >= 0.3 is 0 Å². The lowest BCUT2D eigenvalue weighted by molar-refractivity contribution is 0.0913. The average molecular weight is 294 g/mol. The third-order valence-corrected chi connectivity index (χ3v) is 4.10. The highest BCUT2D eigenvalue weighted by atomic mass is 16.2. The van der Waals surface area contributed by atoms with Gasteiger partial charge in [0, 0.05) is 29.6 Å². The van der Waals surface area contributed by atoms with E-state index in [0.29, 0.717) is 16.8 Å². The van der Waals surface area contributed by atoms with Gasteiger partial charge in [-0.05, 0) is 31.0 Å². The fraction of sp³-hybridized carbons (Fsp3) is 0.278. The van der Waals surface area contributed by atoms with Gasteiger partial charge in [-0.2, -0.15) is 0 Å². The average Bonchev–Trinajstić information content (AvgIpc) is 3.09. The minimum absolute atomic E-state index is 0.0647. The number of benzene rings is 1. The number of hydrogen-bond acceptors (Lipinski definition) is 3. The minimum atomic E-state index is -0.256. The van der Waals surface area contributed by atoms with Crippen LogP contribution in [0, 0.1) is 5.92 Å². The van der Waals surface area contributed by atoms with Crippen molar-refractivity contribution in [1.82, 2.24) is 4.98 Å². The lowest BCUT2D eigenvalue weighted by Crippen LogP contribution is -2.19. The summed E-state index contributed by atoms with van der Waals surface area (Å²) in [6.07, 6.45) is 7.29. The fourth-order valence-corrected chi connectivity index (χ4v) is 2.94. The summed E-state index contributed by atoms with van der Waals surface area (Å²) in [5.74, 6) is -0.0963. The normalized spacial score (nSPS) is 14.7. The Morgan fingerprint density at radius 1 is 0.955 bits per heavy atom. The van der Waals surface area contributed by atoms with E-state index in [4.69, 9.17) is 0 Å². The van der Waals surface area contributed by atoms with Crippen LogP contribution in [0.15, 0.2) is 48.8 Å². The van der Waals surface area contributed by atoms with Crippen molar-refractivity contribution >= 4 is 17.4 Å². The maximum atomic E-state index is 12.6. The van der Waals surface area contributed by atoms with Gasteiger partial charge < -0.3 is 5.32 Å². The van der Waals surface area contributed by atoms with Gasteiger partial charge in [0.2, 0.25) is 0 Å². The molecule has 1 heterocycles. The van der Waals surface area contributed by atoms with E-state index in [1.54, 1.807) is 42.7 Å². The third kappa shape index (κ3) is 3.06. The largest absolute Gasteiger partial charge is 0.322 e. The Morgan fingerprint density at radius 3 is 2.27 bits per heavy atom. The Balaban J connectivity index is 1.84. The van der Waals surface area contributed by atoms with Crippen LogP contribution in [0.4, 0.5) is 5.69 Å². The van der Waals surface area contributed by atoms with Gasteiger partial charge in [-0.1, -0.05) is 31.0 Å². The molecule has 0 bridgehead atoms. The molecule has 1 saturated carbocycles. The van der Waals surface area contributed by atoms with Gasteiger partial charge in [0.25, 0.3) is 5.91 Å². The molecule has 4 nitrogen and oxygen atoms in total. The van der Waals surface area contributed by atoms with Crippen LogP contribution in [0.1, 0.15) is 46.4 Å². The standard InChI is InChI=1S/C18H18N2O2/c21-17(13-5-1-2-6-13)15-7-3-4-8-16(15)18(22)20-14-9-11-19-12-10-14/h3-4,7-13H,1-2,5-6H2,(H,19,20,22). The number of carbonyl (C=O) groups excluding carboxylic acids is 2. The number of nitrogens with one attached hydrogen (secondary N) is 1. The molecule has 0 aliphatic heterocycles. The van der Waals surface area contributed by atoms with Crippen LogP contribution in [0.3, 0.4) is 0 Å². The first kappa shape index (κ1) is 14.4. The Labute approximate surface area is 129 Å². The Morgan fingerprint density at radius 2 is 1.59 bits per heavy atom. The van der Waals surface area contributed by atoms with Crippen molar-refractivity contribution in [1.29, 1.82) is 0 Å². The van der Waals surface area contributed by atoms with E-state index in [1.807, 2.05) is 6.07 Å². The molecule has 1 aromatic carbocycles. The molecule has 1 aromatic heterocycles. The molecule has 0 saturated heterocycles. The molecule has 112 valence electrons. The van der Waals surface area contributed by atoms with Gasteiger partial charge in [-0.15, -0.1) is 0 Å². The summed E-state index contributed by atoms with van der Waals surface area (Å²) in [5, 5.41) is 2.81. The highest BCUT2D eigenvalue weighted by Crippen LogP contribution is 2.29. The van der Waals surface area contributed by atoms with E-state index in [0.717, 1.165) is 25.7 Å². The number of ketones is 1. The third-order valence-electron chi connectivity index (χ3n) is 4.10. The van der Waals surface area contributed by atoms with Crippen molar-refractivity contribution < 1.29 is 9.59 Å². The SMILES string of the molecule is O=C(Nc1ccncc1)c1ccccc1C(=O)C1CCCC1. The maximum Gasteiger partial charge on any atom is 0.256 e. The molecule has 0 radical (unpaired) electrons. The van der Waals surface area contributed by atoms with Crippen molar-refractivity contribution in [3.63, 3.8) is 0 Å². The van der Waals surface area contributed by atoms with Crippen molar-refractivity contribution in [2.45, 2.75) is 25.7 Å². The van der Waals surface area contributed by atoms with E-state index in [9.17, 15) is 9.59 Å². The predicted molar refractivity (Wildman–Crippen MR) is 84.9 cm³/mol. The maximum absolute atomic E-state index is 12.6. The molecule has 2 aromatic rings. The summed E-state index contributed by atoms with van der Waals surface area (Å²) < 4.78 is 0. The molecule has 22 heavy (non-hydrogen) atoms. The first-order chi connectivity index (χ1) is 10.8. The number of nitrogens with zero attached hydrogens (tertiary/aromatic N) is 1. The summed E-state index contributed by atoms with van der Waals surface area (Å²) in [4.78, 5) is 29.0. The van der Waals surface area contributed by atoms with E-state index in [2.05, 4.69) is 10.3 Å². The minimum Gasteiger partial charge on any atom is -0.322 e. The van der Waals surface area contributed by atoms with E-state index in [1.165, 1.54) is 0 Å². The predicted octanol–water partition coefficient (Wildman–Crippen LogP) is 3.71. The van der Waals surface area contributed by atoms with Gasteiger partial charge in [-0.25, -0.2) is 0 Å². The number of Topliss-reactive ketones (excluding diaryl/α,β-unsaturated/α-hetero) is 1. The molecule has 0 atom stereocenters. The van der Waals surface area contributed by atoms with E-state index >= 15 is 0 Å². The number of pyridine rings is 1. The van der Waals surface area contributed by atoms with Crippen molar-refractivity contribution in [3.05, 3.63) is 59.9 Å². The highest BCUT2D eigenvalue weighted by Gasteiger charge is 2.26. The second kappa shape index (κ2) is 6.52. The zero-order chi connectivity index (χ0) is 15.4. The van der Waals surface area contributed by atoms with Crippen LogP contribution in [0.2, 0.25) is 0 Å². The van der Waals surface area contributed by atoms with Crippen LogP contribution < -0.4 is 5.32 Å². The first-order valence-corrected chi connectivity index (χ1v) is 7.60. The van der Waals surface area contributed by atoms with Crippen LogP contribution in [-0.2, 0) is 0 Å². The fourth-order valence-electron chi connectivity index (χ4n) is 2.94. The molecule has 1 aliphatic rings. The second-order valence-corrected chi connectivity index (χ2v) is 5.58. The molecule has 4 heteroatoms. The van der Waals surface area contributed by atoms with Crippen molar-refractivity contribution in [2.75, 3.05) is 5.32 Å². The van der Waals surface area contributed by atoms with Crippen LogP contribution in [0.25, 0.3) is 0 Å². The van der Waals surface area contributed by atoms with Gasteiger partial charge in [0.1, 0.15) is 0 Å². The molecule has 1 fully saturated rings. The van der Waals surface area contributed by atoms with Crippen LogP contribution in [0.5, 0.6) is 0 Å². The topological polar surface area (TPSA) is 59.1 Å². The Hall–Kier alpha value is -2.49. The molecule has 1 aliphatic carbocycles. The van der Waals surface area contributed by atoms with Crippen molar-refractivity contribution in [2.24, 2.45) is 5.92 Å². The van der Waals surface area contributed by atoms with Crippen LogP contribution in [-0.4, -0.2) is 16.7 Å². The molecule has 0 unspecified atom stereocenters. The van der Waals surface area contributed by atoms with Crippen LogP contribution >= 0.6 is 0 Å². The number of anilines is 1. The summed E-state index contributed by atoms with van der Waals surface area (Å²) in [6, 6.07) is 10.5. The summed E-state index contributed by atoms with van der Waals surface area (Å²) in [5.41, 5.74) is 1.64. The summed E-state index contributed by atoms with van der Waals surface area (Å²) >= 11 is 0. The summed E-state index contributed by atoms with van der Waals surface area (Å²) in [6.45, 7) is 0. The number of rotatable bonds is 4. The summed E-state index contributed by atoms with van der Waals surface area (Å²) in [7, 11) is 0. The van der Waals surface area contributed by atoms with Gasteiger partial charge in [0.05, 0.1) is 5.56 Å². The Bertz CT molecular complexity index is 676. The molecule has 3 rings (SSSR count). The van der Waals surface area contributed by atoms with Gasteiger partial charge in [0.15, 0.2) is 5.78 Å². The quantitative estimate of drug-likeness (QED) is 0.874. The zero-order valence-corrected chi connectivity index (χ0v) is 12.3. The Kier molecular flexibility index (Phi) is 4.28. The highest BCUT2D eigenvalue weighted by molar-refractivity contribution is 6.13. The first-order valence-electron chi connectivity index (χ1n) is 7.60. The molecular formula is C18H18N2O2. The number of aromatic nitrogens is 1. The molecule has 1 amide bonds. The smallest absolute Gasteiger partial charge is 0.256 e. The lowest BCUT2D eigenvalue weighted by Gasteiger charge is -2.12. The lowest BCUT2D eigenvalue weighted by atomic mass is 9.92. The number of amides is 1. The van der Waals surface area contributed by atoms with E-state index < -0.39 is 0 Å². The second-order valence-electron chi connectivity index (χ2n) is 5.58.